The summed E-state index contributed by atoms with van der Waals surface area (Å²) in [4.78, 5) is 33.2. The van der Waals surface area contributed by atoms with Gasteiger partial charge in [-0.3, -0.25) is 4.79 Å². The molecule has 0 saturated carbocycles. The molecule has 9 heteroatoms. The van der Waals surface area contributed by atoms with Crippen LogP contribution in [0.4, 0.5) is 4.79 Å². The van der Waals surface area contributed by atoms with Gasteiger partial charge in [-0.2, -0.15) is 5.10 Å². The Morgan fingerprint density at radius 2 is 1.94 bits per heavy atom. The molecular formula is C27H29N5O4. The molecule has 0 radical (unpaired) electrons. The third-order valence-corrected chi connectivity index (χ3v) is 5.40. The van der Waals surface area contributed by atoms with Crippen LogP contribution in [-0.2, 0) is 16.0 Å². The zero-order valence-corrected chi connectivity index (χ0v) is 20.7. The Labute approximate surface area is 208 Å². The molecule has 2 heterocycles. The highest BCUT2D eigenvalue weighted by molar-refractivity contribution is 5.90. The van der Waals surface area contributed by atoms with E-state index in [0.717, 1.165) is 33.1 Å². The molecule has 0 aliphatic carbocycles. The maximum Gasteiger partial charge on any atom is 0.408 e. The van der Waals surface area contributed by atoms with Crippen LogP contribution in [0.15, 0.2) is 65.9 Å². The molecule has 9 nitrogen and oxygen atoms in total. The van der Waals surface area contributed by atoms with Crippen molar-refractivity contribution in [3.63, 3.8) is 0 Å². The van der Waals surface area contributed by atoms with E-state index in [1.807, 2.05) is 54.7 Å². The van der Waals surface area contributed by atoms with E-state index in [-0.39, 0.29) is 6.42 Å². The van der Waals surface area contributed by atoms with Gasteiger partial charge in [-0.15, -0.1) is 0 Å². The Hall–Kier alpha value is -4.40. The van der Waals surface area contributed by atoms with E-state index in [1.54, 1.807) is 33.9 Å². The van der Waals surface area contributed by atoms with Crippen LogP contribution in [0.2, 0.25) is 0 Å². The second-order valence-electron chi connectivity index (χ2n) is 9.29. The molecule has 2 aromatic heterocycles. The summed E-state index contributed by atoms with van der Waals surface area (Å²) >= 11 is 0. The molecule has 4 aromatic rings. The van der Waals surface area contributed by atoms with Crippen molar-refractivity contribution in [2.45, 2.75) is 38.8 Å². The number of rotatable bonds is 7. The number of pyridine rings is 1. The summed E-state index contributed by atoms with van der Waals surface area (Å²) < 4.78 is 10.6. The SMILES string of the molecule is COc1ccc2nc(C=NNC(=O)[C@H](Cc3c[nH]c4ccccc34)NC(=O)OC(C)(C)C)ccc2c1. The summed E-state index contributed by atoms with van der Waals surface area (Å²) in [5.41, 5.74) is 4.99. The largest absolute Gasteiger partial charge is 0.497 e. The second kappa shape index (κ2) is 10.5. The molecule has 0 fully saturated rings. The van der Waals surface area contributed by atoms with Crippen molar-refractivity contribution in [1.29, 1.82) is 0 Å². The molecule has 36 heavy (non-hydrogen) atoms. The zero-order valence-electron chi connectivity index (χ0n) is 20.7. The van der Waals surface area contributed by atoms with E-state index in [1.165, 1.54) is 6.21 Å². The third-order valence-electron chi connectivity index (χ3n) is 5.40. The number of hydrogen-bond acceptors (Lipinski definition) is 6. The minimum absolute atomic E-state index is 0.251. The molecule has 0 unspecified atom stereocenters. The van der Waals surface area contributed by atoms with Crippen molar-refractivity contribution >= 4 is 40.0 Å². The number of H-pyrrole nitrogens is 1. The lowest BCUT2D eigenvalue weighted by molar-refractivity contribution is -0.123. The summed E-state index contributed by atoms with van der Waals surface area (Å²) in [7, 11) is 1.61. The maximum absolute atomic E-state index is 13.0. The van der Waals surface area contributed by atoms with E-state index >= 15 is 0 Å². The van der Waals surface area contributed by atoms with Gasteiger partial charge in [0.2, 0.25) is 0 Å². The number of fused-ring (bicyclic) bond motifs is 2. The number of ether oxygens (including phenoxy) is 2. The minimum Gasteiger partial charge on any atom is -0.497 e. The number of para-hydroxylation sites is 1. The fourth-order valence-electron chi connectivity index (χ4n) is 3.74. The van der Waals surface area contributed by atoms with E-state index in [4.69, 9.17) is 9.47 Å². The van der Waals surface area contributed by atoms with Gasteiger partial charge in [0.1, 0.15) is 17.4 Å². The molecule has 0 aliphatic heterocycles. The molecule has 186 valence electrons. The number of alkyl carbamates (subject to hydrolysis) is 1. The summed E-state index contributed by atoms with van der Waals surface area (Å²) in [5, 5.41) is 8.64. The molecule has 2 aromatic carbocycles. The summed E-state index contributed by atoms with van der Waals surface area (Å²) in [6.07, 6.45) is 2.86. The lowest BCUT2D eigenvalue weighted by Gasteiger charge is -2.22. The van der Waals surface area contributed by atoms with Crippen LogP contribution >= 0.6 is 0 Å². The number of methoxy groups -OCH3 is 1. The van der Waals surface area contributed by atoms with Gasteiger partial charge in [0.05, 0.1) is 24.5 Å². The topological polar surface area (TPSA) is 118 Å². The van der Waals surface area contributed by atoms with Gasteiger partial charge < -0.3 is 19.8 Å². The number of carbonyl (C=O) groups excluding carboxylic acids is 2. The number of nitrogens with zero attached hydrogens (tertiary/aromatic N) is 2. The molecule has 1 atom stereocenters. The molecule has 0 spiro atoms. The monoisotopic (exact) mass is 487 g/mol. The van der Waals surface area contributed by atoms with Gasteiger partial charge in [-0.25, -0.2) is 15.2 Å². The highest BCUT2D eigenvalue weighted by Crippen LogP contribution is 2.20. The quantitative estimate of drug-likeness (QED) is 0.265. The summed E-state index contributed by atoms with van der Waals surface area (Å²) in [5.74, 6) is 0.268. The van der Waals surface area contributed by atoms with E-state index in [9.17, 15) is 9.59 Å². The number of aromatic amines is 1. The van der Waals surface area contributed by atoms with Crippen LogP contribution in [0.5, 0.6) is 5.75 Å². The smallest absolute Gasteiger partial charge is 0.408 e. The Bertz CT molecular complexity index is 1420. The number of aromatic nitrogens is 2. The zero-order chi connectivity index (χ0) is 25.7. The summed E-state index contributed by atoms with van der Waals surface area (Å²) in [6.45, 7) is 5.29. The Morgan fingerprint density at radius 3 is 2.72 bits per heavy atom. The fourth-order valence-corrected chi connectivity index (χ4v) is 3.74. The number of hydrazone groups is 1. The van der Waals surface area contributed by atoms with Crippen molar-refractivity contribution in [2.75, 3.05) is 7.11 Å². The lowest BCUT2D eigenvalue weighted by atomic mass is 10.0. The van der Waals surface area contributed by atoms with Crippen molar-refractivity contribution < 1.29 is 19.1 Å². The molecule has 0 bridgehead atoms. The van der Waals surface area contributed by atoms with E-state index in [2.05, 4.69) is 25.8 Å². The van der Waals surface area contributed by atoms with Crippen LogP contribution < -0.4 is 15.5 Å². The van der Waals surface area contributed by atoms with Crippen molar-refractivity contribution in [1.82, 2.24) is 20.7 Å². The first-order valence-electron chi connectivity index (χ1n) is 11.5. The average molecular weight is 488 g/mol. The molecular weight excluding hydrogens is 458 g/mol. The number of amides is 2. The average Bonchev–Trinajstić information content (AvgIpc) is 3.25. The van der Waals surface area contributed by atoms with E-state index in [0.29, 0.717) is 5.69 Å². The lowest BCUT2D eigenvalue weighted by Crippen LogP contribution is -2.48. The Morgan fingerprint density at radius 1 is 1.14 bits per heavy atom. The standard InChI is InChI=1S/C27H29N5O4/c1-27(2,3)36-26(34)31-24(14-18-15-28-23-8-6-5-7-21(18)23)25(33)32-29-16-19-10-9-17-13-20(35-4)11-12-22(17)30-19/h5-13,15-16,24,28H,14H2,1-4H3,(H,31,34)(H,32,33)/t24-/m0/s1. The van der Waals surface area contributed by atoms with Gasteiger partial charge in [0.25, 0.3) is 5.91 Å². The van der Waals surface area contributed by atoms with Gasteiger partial charge >= 0.3 is 6.09 Å². The van der Waals surface area contributed by atoms with Gasteiger partial charge in [-0.05, 0) is 56.7 Å². The van der Waals surface area contributed by atoms with Crippen LogP contribution in [0, 0.1) is 0 Å². The predicted molar refractivity (Wildman–Crippen MR) is 139 cm³/mol. The Balaban J connectivity index is 1.49. The van der Waals surface area contributed by atoms with Crippen LogP contribution in [0.1, 0.15) is 32.0 Å². The van der Waals surface area contributed by atoms with Crippen LogP contribution in [0.3, 0.4) is 0 Å². The second-order valence-corrected chi connectivity index (χ2v) is 9.29. The third kappa shape index (κ3) is 6.18. The van der Waals surface area contributed by atoms with E-state index < -0.39 is 23.6 Å². The highest BCUT2D eigenvalue weighted by atomic mass is 16.6. The highest BCUT2D eigenvalue weighted by Gasteiger charge is 2.25. The fraction of sp³-hybridized carbons (Fsp3) is 0.259. The van der Waals surface area contributed by atoms with Gasteiger partial charge in [-0.1, -0.05) is 24.3 Å². The number of benzene rings is 2. The van der Waals surface area contributed by atoms with Crippen LogP contribution in [0.25, 0.3) is 21.8 Å². The normalized spacial score (nSPS) is 12.6. The predicted octanol–water partition coefficient (Wildman–Crippen LogP) is 4.31. The first kappa shape index (κ1) is 24.7. The first-order chi connectivity index (χ1) is 17.2. The number of nitrogens with one attached hydrogen (secondary N) is 3. The maximum atomic E-state index is 13.0. The van der Waals surface area contributed by atoms with Crippen molar-refractivity contribution in [3.8, 4) is 5.75 Å². The molecule has 0 aliphatic rings. The first-order valence-corrected chi connectivity index (χ1v) is 11.5. The van der Waals surface area contributed by atoms with Crippen LogP contribution in [-0.4, -0.2) is 46.9 Å². The number of carbonyl (C=O) groups is 2. The van der Waals surface area contributed by atoms with Crippen molar-refractivity contribution in [3.05, 3.63) is 72.1 Å². The summed E-state index contributed by atoms with van der Waals surface area (Å²) in [6, 6.07) is 16.1. The molecule has 3 N–H and O–H groups in total. The molecule has 2 amide bonds. The molecule has 0 saturated heterocycles. The van der Waals surface area contributed by atoms with Gasteiger partial charge in [0.15, 0.2) is 0 Å². The molecule has 4 rings (SSSR count). The van der Waals surface area contributed by atoms with Gasteiger partial charge in [0, 0.05) is 28.9 Å². The van der Waals surface area contributed by atoms with Crippen molar-refractivity contribution in [2.24, 2.45) is 5.10 Å². The Kier molecular flexibility index (Phi) is 7.19. The number of hydrogen-bond donors (Lipinski definition) is 3. The minimum atomic E-state index is -0.909.